The number of quaternary nitrogens is 1. The minimum absolute atomic E-state index is 0.0332. The molecule has 0 aromatic carbocycles. The van der Waals surface area contributed by atoms with Gasteiger partial charge in [0.1, 0.15) is 19.8 Å². The van der Waals surface area contributed by atoms with Crippen molar-refractivity contribution in [2.24, 2.45) is 0 Å². The first-order chi connectivity index (χ1) is 23.0. The molecular weight excluding hydrogens is 629 g/mol. The standard InChI is InChI=1S/C38H74NO8P/c1-6-8-10-12-14-16-18-19-21-23-25-27-29-31-38(41)47-36(35-46-48(42,43)45-33-32-39(3,4)5)34-44-37(40)30-28-26-24-22-20-17-15-13-11-9-7-2/h13,15,36H,6-12,14,16-35H2,1-5H3/p+1/b15-13-/t36-/m1/s1. The fraction of sp³-hybridized carbons (Fsp3) is 0.895. The first-order valence-electron chi connectivity index (χ1n) is 19.4. The smallest absolute Gasteiger partial charge is 0.462 e. The lowest BCUT2D eigenvalue weighted by molar-refractivity contribution is -0.870. The van der Waals surface area contributed by atoms with E-state index in [2.05, 4.69) is 26.0 Å². The molecule has 0 aliphatic carbocycles. The van der Waals surface area contributed by atoms with Crippen LogP contribution in [0.2, 0.25) is 0 Å². The number of likely N-dealkylation sites (N-methyl/N-ethyl adjacent to an activating group) is 1. The Balaban J connectivity index is 4.43. The molecule has 0 aromatic heterocycles. The maximum absolute atomic E-state index is 12.6. The average Bonchev–Trinajstić information content (AvgIpc) is 3.02. The van der Waals surface area contributed by atoms with E-state index in [1.54, 1.807) is 0 Å². The molecule has 10 heteroatoms. The molecule has 0 aromatic rings. The Morgan fingerprint density at radius 2 is 1.08 bits per heavy atom. The number of hydrogen-bond donors (Lipinski definition) is 1. The van der Waals surface area contributed by atoms with Crippen LogP contribution in [0, 0.1) is 0 Å². The lowest BCUT2D eigenvalue weighted by Crippen LogP contribution is -2.37. The summed E-state index contributed by atoms with van der Waals surface area (Å²) in [7, 11) is 1.48. The quantitative estimate of drug-likeness (QED) is 0.0228. The zero-order valence-corrected chi connectivity index (χ0v) is 32.6. The van der Waals surface area contributed by atoms with E-state index < -0.39 is 26.5 Å². The summed E-state index contributed by atoms with van der Waals surface area (Å²) in [5.41, 5.74) is 0. The van der Waals surface area contributed by atoms with E-state index in [9.17, 15) is 19.0 Å². The van der Waals surface area contributed by atoms with Gasteiger partial charge in [0, 0.05) is 12.8 Å². The van der Waals surface area contributed by atoms with Gasteiger partial charge in [-0.25, -0.2) is 4.57 Å². The minimum Gasteiger partial charge on any atom is -0.462 e. The third kappa shape index (κ3) is 34.6. The van der Waals surface area contributed by atoms with Crippen LogP contribution in [0.15, 0.2) is 12.2 Å². The SMILES string of the molecule is CCCC/C=C\CCCCCCCC(=O)OC[C@H](COP(=O)(O)OCC[N+](C)(C)C)OC(=O)CCCCCCCCCCCCCCC. The number of hydrogen-bond acceptors (Lipinski definition) is 7. The summed E-state index contributed by atoms with van der Waals surface area (Å²) < 4.78 is 34.1. The minimum atomic E-state index is -4.36. The van der Waals surface area contributed by atoms with E-state index in [1.165, 1.54) is 77.0 Å². The molecule has 0 saturated carbocycles. The summed E-state index contributed by atoms with van der Waals surface area (Å²) in [4.78, 5) is 35.1. The molecular formula is C38H75NO8P+. The molecule has 0 aliphatic heterocycles. The second-order valence-corrected chi connectivity index (χ2v) is 15.8. The van der Waals surface area contributed by atoms with Gasteiger partial charge in [-0.15, -0.1) is 0 Å². The predicted octanol–water partition coefficient (Wildman–Crippen LogP) is 10.2. The number of phosphoric ester groups is 1. The topological polar surface area (TPSA) is 108 Å². The third-order valence-corrected chi connectivity index (χ3v) is 9.28. The summed E-state index contributed by atoms with van der Waals surface area (Å²) in [6, 6.07) is 0. The lowest BCUT2D eigenvalue weighted by Gasteiger charge is -2.24. The van der Waals surface area contributed by atoms with Crippen molar-refractivity contribution in [3.05, 3.63) is 12.2 Å². The van der Waals surface area contributed by atoms with Crippen molar-refractivity contribution in [1.29, 1.82) is 0 Å². The van der Waals surface area contributed by atoms with Crippen LogP contribution in [0.3, 0.4) is 0 Å². The van der Waals surface area contributed by atoms with Crippen LogP contribution in [0.25, 0.3) is 0 Å². The van der Waals surface area contributed by atoms with Gasteiger partial charge in [0.25, 0.3) is 0 Å². The van der Waals surface area contributed by atoms with Crippen molar-refractivity contribution < 1.29 is 42.1 Å². The van der Waals surface area contributed by atoms with Gasteiger partial charge in [-0.1, -0.05) is 135 Å². The van der Waals surface area contributed by atoms with Crippen molar-refractivity contribution in [2.45, 2.75) is 174 Å². The van der Waals surface area contributed by atoms with Gasteiger partial charge in [-0.05, 0) is 32.1 Å². The van der Waals surface area contributed by atoms with Crippen LogP contribution in [0.5, 0.6) is 0 Å². The molecule has 0 radical (unpaired) electrons. The molecule has 0 fully saturated rings. The summed E-state index contributed by atoms with van der Waals surface area (Å²) >= 11 is 0. The largest absolute Gasteiger partial charge is 0.472 e. The fourth-order valence-corrected chi connectivity index (χ4v) is 5.91. The summed E-state index contributed by atoms with van der Waals surface area (Å²) in [5, 5.41) is 0. The van der Waals surface area contributed by atoms with Crippen LogP contribution >= 0.6 is 7.82 Å². The Morgan fingerprint density at radius 3 is 1.60 bits per heavy atom. The van der Waals surface area contributed by atoms with Crippen LogP contribution in [0.4, 0.5) is 0 Å². The van der Waals surface area contributed by atoms with Gasteiger partial charge in [0.15, 0.2) is 6.10 Å². The molecule has 1 N–H and O–H groups in total. The number of carbonyl (C=O) groups is 2. The third-order valence-electron chi connectivity index (χ3n) is 8.30. The van der Waals surface area contributed by atoms with E-state index in [-0.39, 0.29) is 32.0 Å². The zero-order chi connectivity index (χ0) is 35.8. The highest BCUT2D eigenvalue weighted by atomic mass is 31.2. The van der Waals surface area contributed by atoms with Crippen molar-refractivity contribution in [1.82, 2.24) is 0 Å². The summed E-state index contributed by atoms with van der Waals surface area (Å²) in [6.45, 7) is 4.37. The highest BCUT2D eigenvalue weighted by Gasteiger charge is 2.27. The summed E-state index contributed by atoms with van der Waals surface area (Å²) in [6.07, 6.45) is 29.7. The second kappa shape index (κ2) is 31.7. The number of unbranched alkanes of at least 4 members (excludes halogenated alkanes) is 19. The van der Waals surface area contributed by atoms with Crippen molar-refractivity contribution >= 4 is 19.8 Å². The lowest BCUT2D eigenvalue weighted by atomic mass is 10.0. The Morgan fingerprint density at radius 1 is 0.625 bits per heavy atom. The normalized spacial score (nSPS) is 13.9. The van der Waals surface area contributed by atoms with Crippen molar-refractivity contribution in [3.8, 4) is 0 Å². The molecule has 0 spiro atoms. The number of carbonyl (C=O) groups excluding carboxylic acids is 2. The second-order valence-electron chi connectivity index (χ2n) is 14.3. The molecule has 0 aliphatic rings. The first kappa shape index (κ1) is 46.8. The molecule has 2 atom stereocenters. The predicted molar refractivity (Wildman–Crippen MR) is 197 cm³/mol. The van der Waals surface area contributed by atoms with Crippen molar-refractivity contribution in [2.75, 3.05) is 47.5 Å². The number of nitrogens with zero attached hydrogens (tertiary/aromatic N) is 1. The fourth-order valence-electron chi connectivity index (χ4n) is 5.17. The maximum atomic E-state index is 12.6. The van der Waals surface area contributed by atoms with E-state index in [4.69, 9.17) is 18.5 Å². The molecule has 1 unspecified atom stereocenters. The number of ether oxygens (including phenoxy) is 2. The molecule has 0 heterocycles. The van der Waals surface area contributed by atoms with Crippen LogP contribution < -0.4 is 0 Å². The highest BCUT2D eigenvalue weighted by Crippen LogP contribution is 2.43. The van der Waals surface area contributed by atoms with E-state index in [0.29, 0.717) is 17.4 Å². The van der Waals surface area contributed by atoms with E-state index in [0.717, 1.165) is 57.8 Å². The van der Waals surface area contributed by atoms with Crippen molar-refractivity contribution in [3.63, 3.8) is 0 Å². The molecule has 48 heavy (non-hydrogen) atoms. The molecule has 0 amide bonds. The first-order valence-corrected chi connectivity index (χ1v) is 20.9. The van der Waals surface area contributed by atoms with E-state index in [1.807, 2.05) is 21.1 Å². The Hall–Kier alpha value is -1.25. The molecule has 284 valence electrons. The van der Waals surface area contributed by atoms with Gasteiger partial charge in [0.2, 0.25) is 0 Å². The highest BCUT2D eigenvalue weighted by molar-refractivity contribution is 7.47. The molecule has 0 saturated heterocycles. The molecule has 0 bridgehead atoms. The Kier molecular flexibility index (Phi) is 30.9. The maximum Gasteiger partial charge on any atom is 0.472 e. The monoisotopic (exact) mass is 705 g/mol. The number of esters is 2. The Bertz CT molecular complexity index is 845. The van der Waals surface area contributed by atoms with Crippen LogP contribution in [-0.2, 0) is 32.7 Å². The average molecular weight is 705 g/mol. The van der Waals surface area contributed by atoms with Crippen LogP contribution in [0.1, 0.15) is 168 Å². The van der Waals surface area contributed by atoms with Gasteiger partial charge in [-0.2, -0.15) is 0 Å². The molecule has 9 nitrogen and oxygen atoms in total. The Labute approximate surface area is 295 Å². The van der Waals surface area contributed by atoms with Gasteiger partial charge in [-0.3, -0.25) is 18.6 Å². The van der Waals surface area contributed by atoms with Crippen LogP contribution in [-0.4, -0.2) is 74.9 Å². The van der Waals surface area contributed by atoms with Gasteiger partial charge < -0.3 is 18.9 Å². The van der Waals surface area contributed by atoms with Gasteiger partial charge >= 0.3 is 19.8 Å². The zero-order valence-electron chi connectivity index (χ0n) is 31.7. The number of rotatable bonds is 35. The van der Waals surface area contributed by atoms with Gasteiger partial charge in [0.05, 0.1) is 27.7 Å². The molecule has 0 rings (SSSR count). The number of phosphoric acid groups is 1. The van der Waals surface area contributed by atoms with E-state index >= 15 is 0 Å². The summed E-state index contributed by atoms with van der Waals surface area (Å²) in [5.74, 6) is -0.806. The number of allylic oxidation sites excluding steroid dienone is 2.